The molecule has 0 spiro atoms. The second kappa shape index (κ2) is 8.84. The van der Waals surface area contributed by atoms with Gasteiger partial charge in [0.25, 0.3) is 0 Å². The van der Waals surface area contributed by atoms with E-state index in [-0.39, 0.29) is 0 Å². The number of para-hydroxylation sites is 2. The van der Waals surface area contributed by atoms with E-state index in [9.17, 15) is 5.26 Å². The Labute approximate surface area is 220 Å². The minimum absolute atomic E-state index is 0.531. The molecule has 184 valence electrons. The Bertz CT molecular complexity index is 1990. The predicted octanol–water partition coefficient (Wildman–Crippen LogP) is 9.52. The van der Waals surface area contributed by atoms with Crippen molar-refractivity contribution in [2.75, 3.05) is 0 Å². The summed E-state index contributed by atoms with van der Waals surface area (Å²) in [6.07, 6.45) is 5.26. The molecular weight excluding hydrogens is 466 g/mol. The Hall–Kier alpha value is -4.44. The van der Waals surface area contributed by atoms with Crippen LogP contribution in [0.3, 0.4) is 0 Å². The van der Waals surface area contributed by atoms with Crippen LogP contribution in [0.15, 0.2) is 115 Å². The van der Waals surface area contributed by atoms with Crippen LogP contribution in [0.1, 0.15) is 19.4 Å². The first kappa shape index (κ1) is 22.7. The van der Waals surface area contributed by atoms with Crippen LogP contribution in [0, 0.1) is 0 Å². The molecule has 0 aliphatic rings. The molecule has 0 saturated carbocycles. The number of nitrogens with zero attached hydrogens (tertiary/aromatic N) is 1. The molecule has 0 aliphatic carbocycles. The fraction of sp³-hybridized carbons (Fsp3) is 0.0857. The van der Waals surface area contributed by atoms with Gasteiger partial charge in [0.05, 0.1) is 16.7 Å². The van der Waals surface area contributed by atoms with Gasteiger partial charge >= 0.3 is 0 Å². The second-order valence-corrected chi connectivity index (χ2v) is 9.79. The molecule has 7 aromatic rings. The van der Waals surface area contributed by atoms with E-state index in [0.29, 0.717) is 0 Å². The van der Waals surface area contributed by atoms with E-state index >= 15 is 0 Å². The van der Waals surface area contributed by atoms with Gasteiger partial charge in [0.15, 0.2) is 0 Å². The number of benzene rings is 6. The molecule has 0 saturated heterocycles. The Morgan fingerprint density at radius 2 is 1.26 bits per heavy atom. The third-order valence-corrected chi connectivity index (χ3v) is 7.87. The van der Waals surface area contributed by atoms with Gasteiger partial charge in [0.1, 0.15) is 6.10 Å². The van der Waals surface area contributed by atoms with Crippen LogP contribution in [0.4, 0.5) is 0 Å². The minimum Gasteiger partial charge on any atom is -0.309 e. The van der Waals surface area contributed by atoms with Gasteiger partial charge in [-0.05, 0) is 70.1 Å². The zero-order chi connectivity index (χ0) is 25.8. The molecular formula is C35H27NO2. The van der Waals surface area contributed by atoms with E-state index < -0.39 is 6.10 Å². The van der Waals surface area contributed by atoms with Crippen LogP contribution in [-0.2, 0) is 4.89 Å². The lowest BCUT2D eigenvalue weighted by Gasteiger charge is -2.20. The molecule has 0 fully saturated rings. The van der Waals surface area contributed by atoms with Crippen LogP contribution < -0.4 is 0 Å². The fourth-order valence-corrected chi connectivity index (χ4v) is 6.26. The van der Waals surface area contributed by atoms with Gasteiger partial charge in [0.2, 0.25) is 0 Å². The molecule has 7 rings (SSSR count). The number of hydrogen-bond acceptors (Lipinski definition) is 2. The highest BCUT2D eigenvalue weighted by atomic mass is 17.1. The summed E-state index contributed by atoms with van der Waals surface area (Å²) in [6.45, 7) is 3.92. The van der Waals surface area contributed by atoms with Crippen LogP contribution in [0.5, 0.6) is 0 Å². The van der Waals surface area contributed by atoms with Crippen LogP contribution >= 0.6 is 0 Å². The van der Waals surface area contributed by atoms with Crippen molar-refractivity contribution in [1.29, 1.82) is 0 Å². The zero-order valence-electron chi connectivity index (χ0n) is 21.3. The van der Waals surface area contributed by atoms with Crippen molar-refractivity contribution in [2.24, 2.45) is 0 Å². The smallest absolute Gasteiger partial charge is 0.136 e. The molecule has 0 aliphatic heterocycles. The van der Waals surface area contributed by atoms with Crippen molar-refractivity contribution >= 4 is 59.7 Å². The van der Waals surface area contributed by atoms with Crippen LogP contribution in [-0.4, -0.2) is 15.9 Å². The molecule has 6 aromatic carbocycles. The molecule has 3 heteroatoms. The molecule has 0 bridgehead atoms. The first-order chi connectivity index (χ1) is 18.7. The Morgan fingerprint density at radius 3 is 1.89 bits per heavy atom. The lowest BCUT2D eigenvalue weighted by atomic mass is 9.88. The maximum atomic E-state index is 9.68. The third kappa shape index (κ3) is 3.16. The number of rotatable bonds is 5. The zero-order valence-corrected chi connectivity index (χ0v) is 21.3. The summed E-state index contributed by atoms with van der Waals surface area (Å²) in [5.74, 6) is 0. The highest BCUT2D eigenvalue weighted by Gasteiger charge is 2.20. The number of allylic oxidation sites excluding steroid dienone is 2. The molecule has 0 amide bonds. The fourth-order valence-electron chi connectivity index (χ4n) is 6.26. The monoisotopic (exact) mass is 493 g/mol. The van der Waals surface area contributed by atoms with Crippen LogP contribution in [0.2, 0.25) is 0 Å². The van der Waals surface area contributed by atoms with Gasteiger partial charge in [-0.3, -0.25) is 5.26 Å². The van der Waals surface area contributed by atoms with Crippen molar-refractivity contribution in [3.8, 4) is 5.69 Å². The van der Waals surface area contributed by atoms with Crippen molar-refractivity contribution in [3.63, 3.8) is 0 Å². The maximum Gasteiger partial charge on any atom is 0.136 e. The number of fused-ring (bicyclic) bond motifs is 3. The summed E-state index contributed by atoms with van der Waals surface area (Å²) in [4.78, 5) is 4.88. The van der Waals surface area contributed by atoms with E-state index in [1.165, 1.54) is 54.4 Å². The molecule has 3 nitrogen and oxygen atoms in total. The minimum atomic E-state index is -0.531. The van der Waals surface area contributed by atoms with Crippen molar-refractivity contribution in [2.45, 2.75) is 20.0 Å². The predicted molar refractivity (Wildman–Crippen MR) is 160 cm³/mol. The van der Waals surface area contributed by atoms with E-state index in [2.05, 4.69) is 102 Å². The van der Waals surface area contributed by atoms with Gasteiger partial charge in [-0.1, -0.05) is 97.1 Å². The molecule has 1 N–H and O–H groups in total. The van der Waals surface area contributed by atoms with Crippen molar-refractivity contribution in [3.05, 3.63) is 121 Å². The average Bonchev–Trinajstić information content (AvgIpc) is 3.30. The summed E-state index contributed by atoms with van der Waals surface area (Å²) in [5.41, 5.74) is 5.58. The molecule has 1 heterocycles. The normalized spacial score (nSPS) is 13.7. The van der Waals surface area contributed by atoms with Crippen molar-refractivity contribution in [1.82, 2.24) is 4.57 Å². The van der Waals surface area contributed by atoms with Gasteiger partial charge in [-0.25, -0.2) is 4.89 Å². The van der Waals surface area contributed by atoms with Gasteiger partial charge < -0.3 is 4.57 Å². The summed E-state index contributed by atoms with van der Waals surface area (Å²) >= 11 is 0. The quantitative estimate of drug-likeness (QED) is 0.112. The van der Waals surface area contributed by atoms with Gasteiger partial charge in [0, 0.05) is 16.2 Å². The summed E-state index contributed by atoms with van der Waals surface area (Å²) in [5, 5.41) is 19.5. The highest BCUT2D eigenvalue weighted by molar-refractivity contribution is 6.26. The second-order valence-electron chi connectivity index (χ2n) is 9.79. The molecule has 38 heavy (non-hydrogen) atoms. The van der Waals surface area contributed by atoms with E-state index in [1.54, 1.807) is 0 Å². The van der Waals surface area contributed by atoms with Crippen molar-refractivity contribution < 1.29 is 10.1 Å². The molecule has 1 aromatic heterocycles. The van der Waals surface area contributed by atoms with Gasteiger partial charge in [-0.15, -0.1) is 0 Å². The average molecular weight is 494 g/mol. The first-order valence-electron chi connectivity index (χ1n) is 13.0. The lowest BCUT2D eigenvalue weighted by Crippen LogP contribution is -2.10. The number of aromatic nitrogens is 1. The summed E-state index contributed by atoms with van der Waals surface area (Å²) in [6, 6.07) is 35.0. The standard InChI is InChI=1S/C35H27NO2/c1-3-9-33(38-37)24(4-2)25-18-14-22-16-20-29-32(21-17-23-15-19-28(25)34(22)35(23)29)36-30-12-7-5-10-26(30)27-11-6-8-13-31(27)36/h3-21,33,37H,1-2H3/b9-3-,24-4-. The molecule has 0 radical (unpaired) electrons. The maximum absolute atomic E-state index is 9.68. The first-order valence-corrected chi connectivity index (χ1v) is 13.0. The van der Waals surface area contributed by atoms with E-state index in [4.69, 9.17) is 4.89 Å². The Kier molecular flexibility index (Phi) is 5.29. The van der Waals surface area contributed by atoms with Crippen LogP contribution in [0.25, 0.3) is 65.4 Å². The molecule has 1 atom stereocenters. The Morgan fingerprint density at radius 1 is 0.684 bits per heavy atom. The SMILES string of the molecule is C/C=C\C(OO)/C(=C\C)c1ccc2ccc3c(-n4c5ccccc5c5ccccc54)ccc4ccc1c2c43. The van der Waals surface area contributed by atoms with E-state index in [1.807, 2.05) is 32.1 Å². The van der Waals surface area contributed by atoms with Gasteiger partial charge in [-0.2, -0.15) is 0 Å². The summed E-state index contributed by atoms with van der Waals surface area (Å²) in [7, 11) is 0. The lowest BCUT2D eigenvalue weighted by molar-refractivity contribution is -0.251. The third-order valence-electron chi connectivity index (χ3n) is 7.87. The Balaban J connectivity index is 1.58. The highest BCUT2D eigenvalue weighted by Crippen LogP contribution is 2.42. The molecule has 1 unspecified atom stereocenters. The largest absolute Gasteiger partial charge is 0.309 e. The summed E-state index contributed by atoms with van der Waals surface area (Å²) < 4.78 is 2.40. The number of hydrogen-bond donors (Lipinski definition) is 1. The van der Waals surface area contributed by atoms with E-state index in [0.717, 1.165) is 16.5 Å². The topological polar surface area (TPSA) is 34.4 Å².